The van der Waals surface area contributed by atoms with Gasteiger partial charge in [-0.2, -0.15) is 0 Å². The van der Waals surface area contributed by atoms with Crippen LogP contribution >= 0.6 is 0 Å². The molecule has 1 N–H and O–H groups in total. The average molecular weight is 210 g/mol. The van der Waals surface area contributed by atoms with Crippen LogP contribution in [0.1, 0.15) is 6.42 Å². The van der Waals surface area contributed by atoms with Crippen molar-refractivity contribution in [1.29, 1.82) is 0 Å². The van der Waals surface area contributed by atoms with Gasteiger partial charge in [0.05, 0.1) is 13.7 Å². The Morgan fingerprint density at radius 3 is 2.60 bits per heavy atom. The number of Topliss-reactive ketones (excluding diaryl/α,β-unsaturated/α-hetero) is 1. The number of aliphatic hydroxyl groups is 1. The van der Waals surface area contributed by atoms with Gasteiger partial charge in [-0.25, -0.2) is 0 Å². The van der Waals surface area contributed by atoms with Gasteiger partial charge in [-0.15, -0.1) is 0 Å². The van der Waals surface area contributed by atoms with E-state index >= 15 is 0 Å². The SMILES string of the molecule is COc1ccccc1OCCC(=O)CO. The lowest BCUT2D eigenvalue weighted by Gasteiger charge is -2.09. The van der Waals surface area contributed by atoms with Crippen LogP contribution < -0.4 is 9.47 Å². The van der Waals surface area contributed by atoms with Crippen molar-refractivity contribution in [2.75, 3.05) is 20.3 Å². The summed E-state index contributed by atoms with van der Waals surface area (Å²) in [5.74, 6) is 1.00. The Kier molecular flexibility index (Phi) is 4.63. The molecule has 0 heterocycles. The van der Waals surface area contributed by atoms with Crippen molar-refractivity contribution in [3.63, 3.8) is 0 Å². The standard InChI is InChI=1S/C11H14O4/c1-14-10-4-2-3-5-11(10)15-7-6-9(13)8-12/h2-5,12H,6-8H2,1H3. The maximum atomic E-state index is 10.8. The number of para-hydroxylation sites is 2. The van der Waals surface area contributed by atoms with Crippen molar-refractivity contribution in [3.05, 3.63) is 24.3 Å². The zero-order valence-corrected chi connectivity index (χ0v) is 8.60. The van der Waals surface area contributed by atoms with Crippen LogP contribution in [-0.4, -0.2) is 31.2 Å². The maximum Gasteiger partial charge on any atom is 0.161 e. The number of aliphatic hydroxyl groups excluding tert-OH is 1. The van der Waals surface area contributed by atoms with Gasteiger partial charge in [0.1, 0.15) is 6.61 Å². The molecule has 0 saturated heterocycles. The fourth-order valence-electron chi connectivity index (χ4n) is 1.09. The van der Waals surface area contributed by atoms with Crippen molar-refractivity contribution < 1.29 is 19.4 Å². The molecule has 0 atom stereocenters. The zero-order valence-electron chi connectivity index (χ0n) is 8.60. The number of rotatable bonds is 6. The highest BCUT2D eigenvalue weighted by atomic mass is 16.5. The summed E-state index contributed by atoms with van der Waals surface area (Å²) in [7, 11) is 1.56. The molecule has 0 aliphatic rings. The van der Waals surface area contributed by atoms with Crippen molar-refractivity contribution in [1.82, 2.24) is 0 Å². The quantitative estimate of drug-likeness (QED) is 0.761. The van der Waals surface area contributed by atoms with E-state index in [-0.39, 0.29) is 18.8 Å². The average Bonchev–Trinajstić information content (AvgIpc) is 2.29. The molecule has 0 spiro atoms. The molecule has 1 rings (SSSR count). The van der Waals surface area contributed by atoms with E-state index in [0.717, 1.165) is 0 Å². The van der Waals surface area contributed by atoms with E-state index in [1.165, 1.54) is 0 Å². The van der Waals surface area contributed by atoms with Crippen LogP contribution in [0.2, 0.25) is 0 Å². The lowest BCUT2D eigenvalue weighted by molar-refractivity contribution is -0.122. The first-order valence-electron chi connectivity index (χ1n) is 4.66. The molecular formula is C11H14O4. The van der Waals surface area contributed by atoms with Crippen LogP contribution in [0.3, 0.4) is 0 Å². The number of ketones is 1. The summed E-state index contributed by atoms with van der Waals surface area (Å²) >= 11 is 0. The Hall–Kier alpha value is -1.55. The second kappa shape index (κ2) is 6.03. The van der Waals surface area contributed by atoms with Gasteiger partial charge >= 0.3 is 0 Å². The Labute approximate surface area is 88.4 Å². The van der Waals surface area contributed by atoms with Crippen LogP contribution in [0.15, 0.2) is 24.3 Å². The lowest BCUT2D eigenvalue weighted by Crippen LogP contribution is -2.09. The minimum absolute atomic E-state index is 0.203. The van der Waals surface area contributed by atoms with E-state index in [9.17, 15) is 4.79 Å². The first kappa shape index (κ1) is 11.5. The molecule has 0 aliphatic carbocycles. The van der Waals surface area contributed by atoms with Gasteiger partial charge in [-0.3, -0.25) is 4.79 Å². The first-order valence-corrected chi connectivity index (χ1v) is 4.66. The molecule has 1 aromatic rings. The van der Waals surface area contributed by atoms with Gasteiger partial charge in [0.15, 0.2) is 17.3 Å². The predicted molar refractivity (Wildman–Crippen MR) is 55.2 cm³/mol. The fourth-order valence-corrected chi connectivity index (χ4v) is 1.09. The fraction of sp³-hybridized carbons (Fsp3) is 0.364. The first-order chi connectivity index (χ1) is 7.27. The number of carbonyl (C=O) groups excluding carboxylic acids is 1. The number of benzene rings is 1. The smallest absolute Gasteiger partial charge is 0.161 e. The number of ether oxygens (including phenoxy) is 2. The monoisotopic (exact) mass is 210 g/mol. The highest BCUT2D eigenvalue weighted by Crippen LogP contribution is 2.25. The molecule has 0 radical (unpaired) electrons. The minimum Gasteiger partial charge on any atom is -0.493 e. The van der Waals surface area contributed by atoms with Gasteiger partial charge in [-0.1, -0.05) is 12.1 Å². The highest BCUT2D eigenvalue weighted by molar-refractivity contribution is 5.79. The Morgan fingerprint density at radius 1 is 1.33 bits per heavy atom. The topological polar surface area (TPSA) is 55.8 Å². The third-order valence-electron chi connectivity index (χ3n) is 1.88. The Balaban J connectivity index is 2.46. The van der Waals surface area contributed by atoms with Crippen LogP contribution in [-0.2, 0) is 4.79 Å². The molecule has 0 aliphatic heterocycles. The summed E-state index contributed by atoms with van der Waals surface area (Å²) < 4.78 is 10.4. The number of hydrogen-bond donors (Lipinski definition) is 1. The van der Waals surface area contributed by atoms with E-state index in [2.05, 4.69) is 0 Å². The van der Waals surface area contributed by atoms with Crippen LogP contribution in [0, 0.1) is 0 Å². The Bertz CT molecular complexity index is 322. The van der Waals surface area contributed by atoms with Crippen molar-refractivity contribution in [3.8, 4) is 11.5 Å². The van der Waals surface area contributed by atoms with Gasteiger partial charge in [0.25, 0.3) is 0 Å². The molecule has 4 heteroatoms. The minimum atomic E-state index is -0.435. The van der Waals surface area contributed by atoms with Crippen LogP contribution in [0.25, 0.3) is 0 Å². The third kappa shape index (κ3) is 3.59. The molecule has 1 aromatic carbocycles. The summed E-state index contributed by atoms with van der Waals surface area (Å²) in [4.78, 5) is 10.8. The summed E-state index contributed by atoms with van der Waals surface area (Å²) in [6, 6.07) is 7.21. The second-order valence-electron chi connectivity index (χ2n) is 2.95. The highest BCUT2D eigenvalue weighted by Gasteiger charge is 2.04. The second-order valence-corrected chi connectivity index (χ2v) is 2.95. The summed E-state index contributed by atoms with van der Waals surface area (Å²) in [5, 5.41) is 8.50. The summed E-state index contributed by atoms with van der Waals surface area (Å²) in [6.45, 7) is -0.185. The molecule has 0 amide bonds. The molecule has 15 heavy (non-hydrogen) atoms. The maximum absolute atomic E-state index is 10.8. The van der Waals surface area contributed by atoms with E-state index in [0.29, 0.717) is 11.5 Å². The lowest BCUT2D eigenvalue weighted by atomic mass is 10.3. The number of methoxy groups -OCH3 is 1. The van der Waals surface area contributed by atoms with Crippen molar-refractivity contribution >= 4 is 5.78 Å². The van der Waals surface area contributed by atoms with E-state index < -0.39 is 6.61 Å². The summed E-state index contributed by atoms with van der Waals surface area (Å²) in [5.41, 5.74) is 0. The molecule has 0 unspecified atom stereocenters. The summed E-state index contributed by atoms with van der Waals surface area (Å²) in [6.07, 6.45) is 0.203. The molecule has 0 saturated carbocycles. The van der Waals surface area contributed by atoms with Gasteiger partial charge in [-0.05, 0) is 12.1 Å². The molecular weight excluding hydrogens is 196 g/mol. The molecule has 0 bridgehead atoms. The molecule has 0 fully saturated rings. The zero-order chi connectivity index (χ0) is 11.1. The van der Waals surface area contributed by atoms with Crippen LogP contribution in [0.4, 0.5) is 0 Å². The van der Waals surface area contributed by atoms with E-state index in [1.54, 1.807) is 19.2 Å². The predicted octanol–water partition coefficient (Wildman–Crippen LogP) is 1.03. The van der Waals surface area contributed by atoms with Crippen molar-refractivity contribution in [2.45, 2.75) is 6.42 Å². The normalized spacial score (nSPS) is 9.73. The van der Waals surface area contributed by atoms with Gasteiger partial charge in [0.2, 0.25) is 0 Å². The number of carbonyl (C=O) groups is 1. The molecule has 4 nitrogen and oxygen atoms in total. The van der Waals surface area contributed by atoms with Crippen LogP contribution in [0.5, 0.6) is 11.5 Å². The van der Waals surface area contributed by atoms with Crippen molar-refractivity contribution in [2.24, 2.45) is 0 Å². The molecule has 0 aromatic heterocycles. The number of hydrogen-bond acceptors (Lipinski definition) is 4. The Morgan fingerprint density at radius 2 is 2.00 bits per heavy atom. The van der Waals surface area contributed by atoms with Gasteiger partial charge in [0, 0.05) is 6.42 Å². The van der Waals surface area contributed by atoms with Gasteiger partial charge < -0.3 is 14.6 Å². The largest absolute Gasteiger partial charge is 0.493 e. The third-order valence-corrected chi connectivity index (χ3v) is 1.88. The van der Waals surface area contributed by atoms with E-state index in [4.69, 9.17) is 14.6 Å². The molecule has 82 valence electrons. The van der Waals surface area contributed by atoms with E-state index in [1.807, 2.05) is 12.1 Å².